The molecular formula is C18H13Cl2F2N7O. The molecule has 0 saturated heterocycles. The minimum atomic E-state index is -2.76. The van der Waals surface area contributed by atoms with Crippen LogP contribution in [0.4, 0.5) is 14.7 Å². The van der Waals surface area contributed by atoms with Crippen LogP contribution in [0, 0.1) is 6.92 Å². The third-order valence-corrected chi connectivity index (χ3v) is 4.79. The Morgan fingerprint density at radius 1 is 1.27 bits per heavy atom. The average molecular weight is 452 g/mol. The van der Waals surface area contributed by atoms with Crippen molar-refractivity contribution in [1.82, 2.24) is 29.4 Å². The zero-order valence-corrected chi connectivity index (χ0v) is 16.9. The second-order valence-electron chi connectivity index (χ2n) is 6.37. The molecule has 0 radical (unpaired) electrons. The first kappa shape index (κ1) is 20.2. The Hall–Kier alpha value is -3.11. The number of anilines is 1. The first-order valence-corrected chi connectivity index (χ1v) is 9.35. The maximum atomic E-state index is 13.2. The number of nitrogens with zero attached hydrogens (tertiary/aromatic N) is 6. The molecule has 30 heavy (non-hydrogen) atoms. The van der Waals surface area contributed by atoms with E-state index in [2.05, 4.69) is 25.5 Å². The van der Waals surface area contributed by atoms with E-state index < -0.39 is 12.3 Å². The molecule has 4 aromatic rings. The maximum absolute atomic E-state index is 13.2. The number of hydrogen-bond acceptors (Lipinski definition) is 5. The van der Waals surface area contributed by atoms with Crippen LogP contribution in [0.5, 0.6) is 0 Å². The molecule has 0 atom stereocenters. The van der Waals surface area contributed by atoms with Crippen molar-refractivity contribution in [3.05, 3.63) is 69.3 Å². The summed E-state index contributed by atoms with van der Waals surface area (Å²) >= 11 is 12.0. The van der Waals surface area contributed by atoms with E-state index in [1.54, 1.807) is 25.1 Å². The smallest absolute Gasteiger partial charge is 0.280 e. The molecule has 12 heteroatoms. The van der Waals surface area contributed by atoms with Crippen LogP contribution in [0.3, 0.4) is 0 Å². The van der Waals surface area contributed by atoms with Gasteiger partial charge in [0.15, 0.2) is 5.65 Å². The predicted molar refractivity (Wildman–Crippen MR) is 106 cm³/mol. The molecule has 0 aliphatic carbocycles. The van der Waals surface area contributed by atoms with Gasteiger partial charge in [0.2, 0.25) is 5.95 Å². The van der Waals surface area contributed by atoms with E-state index in [1.807, 2.05) is 0 Å². The lowest BCUT2D eigenvalue weighted by atomic mass is 10.2. The van der Waals surface area contributed by atoms with Crippen molar-refractivity contribution in [3.63, 3.8) is 0 Å². The molecule has 1 amide bonds. The van der Waals surface area contributed by atoms with E-state index >= 15 is 0 Å². The van der Waals surface area contributed by atoms with Crippen LogP contribution in [-0.2, 0) is 6.54 Å². The van der Waals surface area contributed by atoms with Crippen molar-refractivity contribution in [1.29, 1.82) is 0 Å². The Labute approximate surface area is 178 Å². The van der Waals surface area contributed by atoms with Gasteiger partial charge in [-0.3, -0.25) is 10.1 Å². The summed E-state index contributed by atoms with van der Waals surface area (Å²) in [5.41, 5.74) is 0.812. The van der Waals surface area contributed by atoms with Crippen molar-refractivity contribution < 1.29 is 13.6 Å². The summed E-state index contributed by atoms with van der Waals surface area (Å²) in [6.07, 6.45) is -0.163. The molecule has 4 rings (SSSR count). The average Bonchev–Trinajstić information content (AvgIpc) is 3.30. The maximum Gasteiger partial charge on any atom is 0.280 e. The van der Waals surface area contributed by atoms with Crippen LogP contribution in [-0.4, -0.2) is 35.3 Å². The normalized spacial score (nSPS) is 11.4. The molecule has 0 aliphatic heterocycles. The fourth-order valence-electron chi connectivity index (χ4n) is 2.85. The number of halogens is 4. The predicted octanol–water partition coefficient (Wildman–Crippen LogP) is 4.17. The number of aryl methyl sites for hydroxylation is 1. The Bertz CT molecular complexity index is 1250. The fraction of sp³-hybridized carbons (Fsp3) is 0.167. The number of fused-ring (bicyclic) bond motifs is 1. The van der Waals surface area contributed by atoms with Gasteiger partial charge in [-0.2, -0.15) is 5.10 Å². The molecule has 3 aromatic heterocycles. The summed E-state index contributed by atoms with van der Waals surface area (Å²) < 4.78 is 28.9. The van der Waals surface area contributed by atoms with E-state index in [0.717, 1.165) is 10.1 Å². The van der Waals surface area contributed by atoms with Gasteiger partial charge in [0, 0.05) is 15.7 Å². The molecule has 8 nitrogen and oxygen atoms in total. The van der Waals surface area contributed by atoms with Gasteiger partial charge in [0.05, 0.1) is 12.7 Å². The zero-order chi connectivity index (χ0) is 21.4. The van der Waals surface area contributed by atoms with Crippen molar-refractivity contribution >= 4 is 40.7 Å². The van der Waals surface area contributed by atoms with Crippen LogP contribution >= 0.6 is 23.2 Å². The number of rotatable bonds is 5. The zero-order valence-electron chi connectivity index (χ0n) is 15.4. The van der Waals surface area contributed by atoms with Crippen molar-refractivity contribution in [2.24, 2.45) is 0 Å². The lowest BCUT2D eigenvalue weighted by molar-refractivity contribution is 0.102. The van der Waals surface area contributed by atoms with Crippen LogP contribution in [0.1, 0.15) is 33.7 Å². The highest BCUT2D eigenvalue weighted by molar-refractivity contribution is 6.35. The number of hydrogen-bond donors (Lipinski definition) is 1. The highest BCUT2D eigenvalue weighted by Crippen LogP contribution is 2.23. The highest BCUT2D eigenvalue weighted by atomic mass is 35.5. The largest absolute Gasteiger partial charge is 0.289 e. The fourth-order valence-corrected chi connectivity index (χ4v) is 3.32. The second kappa shape index (κ2) is 7.96. The van der Waals surface area contributed by atoms with Gasteiger partial charge in [-0.1, -0.05) is 29.3 Å². The van der Waals surface area contributed by atoms with Gasteiger partial charge in [0.1, 0.15) is 17.6 Å². The van der Waals surface area contributed by atoms with Gasteiger partial charge >= 0.3 is 0 Å². The van der Waals surface area contributed by atoms with Crippen LogP contribution < -0.4 is 5.32 Å². The van der Waals surface area contributed by atoms with E-state index in [4.69, 9.17) is 23.2 Å². The molecule has 0 fully saturated rings. The Balaban J connectivity index is 1.55. The molecule has 154 valence electrons. The summed E-state index contributed by atoms with van der Waals surface area (Å²) in [6, 6.07) is 6.30. The number of alkyl halides is 2. The SMILES string of the molecule is Cc1cc(C(F)F)n2ncc(C(=O)Nc3ncn(Cc4ccc(Cl)cc4Cl)n3)c2n1. The topological polar surface area (TPSA) is 90.0 Å². The number of carbonyl (C=O) groups excluding carboxylic acids is 1. The second-order valence-corrected chi connectivity index (χ2v) is 7.22. The van der Waals surface area contributed by atoms with Gasteiger partial charge in [-0.05, 0) is 30.7 Å². The van der Waals surface area contributed by atoms with Crippen molar-refractivity contribution in [2.75, 3.05) is 5.32 Å². The molecule has 0 saturated carbocycles. The van der Waals surface area contributed by atoms with E-state index in [1.165, 1.54) is 23.3 Å². The first-order valence-electron chi connectivity index (χ1n) is 8.60. The minimum absolute atomic E-state index is 0.0233. The summed E-state index contributed by atoms with van der Waals surface area (Å²) in [6.45, 7) is 1.87. The Kier molecular flexibility index (Phi) is 5.35. The number of carbonyl (C=O) groups is 1. The van der Waals surface area contributed by atoms with Gasteiger partial charge in [0.25, 0.3) is 12.3 Å². The van der Waals surface area contributed by atoms with Crippen molar-refractivity contribution in [3.8, 4) is 0 Å². The van der Waals surface area contributed by atoms with Gasteiger partial charge in [-0.25, -0.2) is 27.9 Å². The van der Waals surface area contributed by atoms with Crippen LogP contribution in [0.25, 0.3) is 5.65 Å². The lowest BCUT2D eigenvalue weighted by Gasteiger charge is -2.05. The lowest BCUT2D eigenvalue weighted by Crippen LogP contribution is -2.14. The van der Waals surface area contributed by atoms with Crippen LogP contribution in [0.15, 0.2) is 36.8 Å². The molecule has 0 aliphatic rings. The first-order chi connectivity index (χ1) is 14.3. The molecule has 1 N–H and O–H groups in total. The Morgan fingerprint density at radius 3 is 2.80 bits per heavy atom. The molecule has 0 unspecified atom stereocenters. The van der Waals surface area contributed by atoms with Gasteiger partial charge < -0.3 is 0 Å². The van der Waals surface area contributed by atoms with E-state index in [0.29, 0.717) is 22.3 Å². The molecule has 3 heterocycles. The van der Waals surface area contributed by atoms with E-state index in [-0.39, 0.29) is 22.9 Å². The highest BCUT2D eigenvalue weighted by Gasteiger charge is 2.21. The summed E-state index contributed by atoms with van der Waals surface area (Å²) in [4.78, 5) is 20.8. The molecular weight excluding hydrogens is 439 g/mol. The third kappa shape index (κ3) is 3.96. The number of aromatic nitrogens is 6. The van der Waals surface area contributed by atoms with Crippen molar-refractivity contribution in [2.45, 2.75) is 19.9 Å². The molecule has 0 bridgehead atoms. The molecule has 0 spiro atoms. The monoisotopic (exact) mass is 451 g/mol. The molecule has 1 aromatic carbocycles. The number of benzene rings is 1. The minimum Gasteiger partial charge on any atom is -0.289 e. The van der Waals surface area contributed by atoms with E-state index in [9.17, 15) is 13.6 Å². The number of nitrogens with one attached hydrogen (secondary N) is 1. The van der Waals surface area contributed by atoms with Crippen LogP contribution in [0.2, 0.25) is 10.0 Å². The Morgan fingerprint density at radius 2 is 2.07 bits per heavy atom. The quantitative estimate of drug-likeness (QED) is 0.491. The summed E-state index contributed by atoms with van der Waals surface area (Å²) in [5, 5.41) is 11.6. The van der Waals surface area contributed by atoms with Gasteiger partial charge in [-0.15, -0.1) is 5.10 Å². The number of amides is 1. The third-order valence-electron chi connectivity index (χ3n) is 4.20. The summed E-state index contributed by atoms with van der Waals surface area (Å²) in [7, 11) is 0. The standard InChI is InChI=1S/C18H13Cl2F2N7O/c1-9-4-14(15(21)22)29-16(25-9)12(6-24-29)17(30)26-18-23-8-28(27-18)7-10-2-3-11(19)5-13(10)20/h2-6,8,15H,7H2,1H3,(H,26,27,30). The summed E-state index contributed by atoms with van der Waals surface area (Å²) in [5.74, 6) is -0.586.